The fourth-order valence-electron chi connectivity index (χ4n) is 0. The fourth-order valence-corrected chi connectivity index (χ4v) is 0. The second-order valence-corrected chi connectivity index (χ2v) is 0. The molecule has 0 aromatic rings. The zero-order valence-corrected chi connectivity index (χ0v) is 11.6. The van der Waals surface area contributed by atoms with Crippen molar-refractivity contribution in [2.75, 3.05) is 0 Å². The minimum Gasteiger partial charge on any atom is 0 e. The summed E-state index contributed by atoms with van der Waals surface area (Å²) < 4.78 is 0. The van der Waals surface area contributed by atoms with E-state index in [-0.39, 0.29) is 70.4 Å². The Labute approximate surface area is 98.9 Å². The van der Waals surface area contributed by atoms with Crippen LogP contribution >= 0.6 is 9.19 Å². The van der Waals surface area contributed by atoms with Crippen LogP contribution in [0, 0.1) is 0 Å². The maximum atomic E-state index is 4.13. The van der Waals surface area contributed by atoms with E-state index in [1.165, 1.54) is 21.1 Å². The van der Waals surface area contributed by atoms with Crippen molar-refractivity contribution in [2.45, 2.75) is 0 Å². The Bertz CT molecular complexity index is 12.9. The summed E-state index contributed by atoms with van der Waals surface area (Å²) in [5.74, 6) is 0. The summed E-state index contributed by atoms with van der Waals surface area (Å²) in [5, 5.41) is 0. The smallest absolute Gasteiger partial charge is 0 e. The summed E-state index contributed by atoms with van der Waals surface area (Å²) in [6.07, 6.45) is 0. The topological polar surface area (TPSA) is 91.5 Å². The van der Waals surface area contributed by atoms with Gasteiger partial charge in [0.15, 0.2) is 0 Å². The largest absolute Gasteiger partial charge is 0 e. The van der Waals surface area contributed by atoms with Crippen molar-refractivity contribution in [3.8, 4) is 0 Å². The normalized spacial score (nSPS) is 0.571. The predicted molar refractivity (Wildman–Crippen MR) is 26.6 cm³/mol. The molecule has 0 aliphatic rings. The van der Waals surface area contributed by atoms with E-state index >= 15 is 0 Å². The van der Waals surface area contributed by atoms with Crippen molar-refractivity contribution in [1.82, 2.24) is 0 Å². The molecule has 0 unspecified atom stereocenters. The van der Waals surface area contributed by atoms with Gasteiger partial charge in [0.25, 0.3) is 0 Å². The number of hydrogen-bond acceptors (Lipinski definition) is 3. The van der Waals surface area contributed by atoms with Gasteiger partial charge in [0.2, 0.25) is 0 Å². The minimum absolute atomic E-state index is 0. The van der Waals surface area contributed by atoms with Crippen LogP contribution in [0.15, 0.2) is 0 Å². The molecule has 0 spiro atoms. The summed E-state index contributed by atoms with van der Waals surface area (Å²) in [4.78, 5) is 0. The molecular formula is H4NaO3SSb2. The van der Waals surface area contributed by atoms with Crippen LogP contribution in [0.1, 0.15) is 0 Å². The molecular weight excluding hydrogens is 347 g/mol. The van der Waals surface area contributed by atoms with E-state index in [1.54, 1.807) is 0 Å². The first-order valence-corrected chi connectivity index (χ1v) is 3.67. The van der Waals surface area contributed by atoms with E-state index in [9.17, 15) is 0 Å². The maximum Gasteiger partial charge on any atom is 0 e. The van der Waals surface area contributed by atoms with E-state index in [0.29, 0.717) is 0 Å². The minimum atomic E-state index is 0. The van der Waals surface area contributed by atoms with Crippen molar-refractivity contribution in [1.29, 1.82) is 0 Å². The van der Waals surface area contributed by atoms with Gasteiger partial charge in [-0.25, -0.2) is 0 Å². The average molecular weight is 351 g/mol. The standard InChI is InChI=1S/Na.3H2O.S.2Sb/h;3*1H2;;;/q+1;;;;;;+1/p-2. The van der Waals surface area contributed by atoms with Crippen molar-refractivity contribution in [2.24, 2.45) is 0 Å². The van der Waals surface area contributed by atoms with Gasteiger partial charge in [-0.2, -0.15) is 0 Å². The van der Waals surface area contributed by atoms with Crippen LogP contribution < -0.4 is 29.6 Å². The maximum absolute atomic E-state index is 4.13. The molecule has 3 nitrogen and oxygen atoms in total. The number of hydrogen-bond donors (Lipinski definition) is 0. The molecule has 0 heterocycles. The van der Waals surface area contributed by atoms with Gasteiger partial charge < -0.3 is 16.4 Å². The zero-order valence-electron chi connectivity index (χ0n) is 3.70. The van der Waals surface area contributed by atoms with Gasteiger partial charge >= 0.3 is 59.8 Å². The Morgan fingerprint density at radius 3 is 1.00 bits per heavy atom. The molecule has 39 valence electrons. The van der Waals surface area contributed by atoms with Gasteiger partial charge in [-0.05, 0) is 0 Å². The third kappa shape index (κ3) is 52.9. The van der Waals surface area contributed by atoms with Crippen LogP contribution in [0.3, 0.4) is 0 Å². The van der Waals surface area contributed by atoms with Gasteiger partial charge in [-0.1, -0.05) is 0 Å². The molecule has 0 atom stereocenters. The van der Waals surface area contributed by atoms with Crippen LogP contribution in [0.25, 0.3) is 0 Å². The summed E-state index contributed by atoms with van der Waals surface area (Å²) in [7, 11) is 4.13. The van der Waals surface area contributed by atoms with E-state index in [2.05, 4.69) is 9.19 Å². The average Bonchev–Trinajstić information content (AvgIpc) is 1.00. The first-order valence-electron chi connectivity index (χ1n) is 0.183. The van der Waals surface area contributed by atoms with Crippen LogP contribution in [-0.4, -0.2) is 61.9 Å². The molecule has 7 heavy (non-hydrogen) atoms. The van der Waals surface area contributed by atoms with E-state index in [0.717, 1.165) is 0 Å². The van der Waals surface area contributed by atoms with Crippen molar-refractivity contribution in [3.05, 3.63) is 0 Å². The molecule has 0 aromatic heterocycles. The molecule has 5 radical (unpaired) electrons. The van der Waals surface area contributed by atoms with Crippen molar-refractivity contribution < 1.29 is 46.0 Å². The van der Waals surface area contributed by atoms with E-state index in [4.69, 9.17) is 0 Å². The Balaban J connectivity index is -0.000000000500. The van der Waals surface area contributed by atoms with Crippen LogP contribution in [-0.2, 0) is 0 Å². The van der Waals surface area contributed by atoms with Crippen LogP contribution in [0.4, 0.5) is 0 Å². The predicted octanol–water partition coefficient (Wildman–Crippen LogP) is -4.29. The van der Waals surface area contributed by atoms with Gasteiger partial charge in [0.1, 0.15) is 0 Å². The first kappa shape index (κ1) is 53.2. The van der Waals surface area contributed by atoms with Crippen LogP contribution in [0.5, 0.6) is 0 Å². The van der Waals surface area contributed by atoms with Gasteiger partial charge in [-0.3, -0.25) is 0 Å². The Hall–Kier alpha value is 2.74. The van der Waals surface area contributed by atoms with Gasteiger partial charge in [0, 0.05) is 24.4 Å². The van der Waals surface area contributed by atoms with Crippen molar-refractivity contribution in [3.63, 3.8) is 0 Å². The molecule has 0 rings (SSSR count). The summed E-state index contributed by atoms with van der Waals surface area (Å²) in [5.41, 5.74) is 0. The molecule has 0 bridgehead atoms. The Morgan fingerprint density at radius 1 is 1.00 bits per heavy atom. The molecule has 0 amide bonds. The summed E-state index contributed by atoms with van der Waals surface area (Å²) in [6.45, 7) is 0. The fraction of sp³-hybridized carbons (Fsp3) is 0. The zero-order chi connectivity index (χ0) is 2.00. The monoisotopic (exact) mass is 349 g/mol. The summed E-state index contributed by atoms with van der Waals surface area (Å²) in [6, 6.07) is 0. The van der Waals surface area contributed by atoms with E-state index in [1.807, 2.05) is 0 Å². The quantitative estimate of drug-likeness (QED) is 0.414. The molecule has 0 aromatic carbocycles. The summed E-state index contributed by atoms with van der Waals surface area (Å²) >= 11 is 1.33. The van der Waals surface area contributed by atoms with Crippen LogP contribution in [0.2, 0.25) is 0 Å². The van der Waals surface area contributed by atoms with Gasteiger partial charge in [0.05, 0.1) is 0 Å². The molecule has 4 N–H and O–H groups in total. The van der Waals surface area contributed by atoms with Crippen molar-refractivity contribution >= 4 is 54.7 Å². The Morgan fingerprint density at radius 2 is 1.00 bits per heavy atom. The second kappa shape index (κ2) is 69.8. The number of rotatable bonds is 0. The first-order chi connectivity index (χ1) is 1.00. The van der Waals surface area contributed by atoms with E-state index < -0.39 is 0 Å². The molecule has 0 aliphatic heterocycles. The molecule has 0 saturated heterocycles. The second-order valence-electron chi connectivity index (χ2n) is 0. The third-order valence-corrected chi connectivity index (χ3v) is 0. The SMILES string of the molecule is O.[Na+].[OH-].[OH-].[S]=[Sb+].[Sb]. The third-order valence-electron chi connectivity index (χ3n) is 0. The molecule has 0 saturated carbocycles. The Kier molecular flexibility index (Phi) is 531. The molecule has 0 aliphatic carbocycles. The molecule has 0 fully saturated rings. The van der Waals surface area contributed by atoms with Gasteiger partial charge in [-0.15, -0.1) is 0 Å². The molecule has 7 heteroatoms.